The van der Waals surface area contributed by atoms with Crippen molar-refractivity contribution in [2.75, 3.05) is 18.0 Å². The van der Waals surface area contributed by atoms with Crippen LogP contribution in [0, 0.1) is 0 Å². The molecule has 1 amide bonds. The molecule has 110 valence electrons. The molecule has 1 fully saturated rings. The average Bonchev–Trinajstić information content (AvgIpc) is 2.75. The molecule has 0 bridgehead atoms. The number of anilines is 1. The highest BCUT2D eigenvalue weighted by atomic mass is 79.9. The fourth-order valence-electron chi connectivity index (χ4n) is 2.00. The van der Waals surface area contributed by atoms with E-state index in [2.05, 4.69) is 36.1 Å². The topological polar surface area (TPSA) is 67.3 Å². The van der Waals surface area contributed by atoms with Crippen LogP contribution in [0.1, 0.15) is 27.2 Å². The highest BCUT2D eigenvalue weighted by molar-refractivity contribution is 9.10. The number of halogens is 1. The number of hydrogen-bond donors (Lipinski definition) is 1. The summed E-state index contributed by atoms with van der Waals surface area (Å²) in [6.07, 6.45) is 3.92. The van der Waals surface area contributed by atoms with Crippen LogP contribution in [0.5, 0.6) is 0 Å². The fourth-order valence-corrected chi connectivity index (χ4v) is 2.21. The Morgan fingerprint density at radius 1 is 1.45 bits per heavy atom. The van der Waals surface area contributed by atoms with E-state index in [9.17, 15) is 4.79 Å². The predicted molar refractivity (Wildman–Crippen MR) is 79.7 cm³/mol. The van der Waals surface area contributed by atoms with Crippen LogP contribution in [0.4, 0.5) is 10.7 Å². The average molecular weight is 343 g/mol. The van der Waals surface area contributed by atoms with Gasteiger partial charge in [-0.3, -0.25) is 0 Å². The Morgan fingerprint density at radius 3 is 2.70 bits per heavy atom. The predicted octanol–water partition coefficient (Wildman–Crippen LogP) is 2.34. The van der Waals surface area contributed by atoms with E-state index in [-0.39, 0.29) is 12.1 Å². The number of amides is 1. The van der Waals surface area contributed by atoms with Crippen LogP contribution in [-0.2, 0) is 4.74 Å². The molecule has 1 aliphatic heterocycles. The minimum atomic E-state index is -0.475. The SMILES string of the molecule is CC(C)(C)OC(=O)NC1CCN(c2ncc(Br)cn2)C1. The van der Waals surface area contributed by atoms with E-state index in [1.54, 1.807) is 12.4 Å². The van der Waals surface area contributed by atoms with Crippen molar-refractivity contribution in [3.63, 3.8) is 0 Å². The van der Waals surface area contributed by atoms with Crippen LogP contribution < -0.4 is 10.2 Å². The summed E-state index contributed by atoms with van der Waals surface area (Å²) in [5.41, 5.74) is -0.475. The zero-order valence-corrected chi connectivity index (χ0v) is 13.5. The van der Waals surface area contributed by atoms with Gasteiger partial charge in [0.05, 0.1) is 10.5 Å². The van der Waals surface area contributed by atoms with Crippen molar-refractivity contribution in [1.29, 1.82) is 0 Å². The van der Waals surface area contributed by atoms with Gasteiger partial charge in [0.2, 0.25) is 5.95 Å². The van der Waals surface area contributed by atoms with Crippen molar-refractivity contribution >= 4 is 28.0 Å². The van der Waals surface area contributed by atoms with Gasteiger partial charge in [-0.05, 0) is 43.1 Å². The second-order valence-corrected chi connectivity index (χ2v) is 6.69. The zero-order valence-electron chi connectivity index (χ0n) is 11.9. The summed E-state index contributed by atoms with van der Waals surface area (Å²) >= 11 is 3.31. The van der Waals surface area contributed by atoms with Crippen molar-refractivity contribution < 1.29 is 9.53 Å². The van der Waals surface area contributed by atoms with Crippen molar-refractivity contribution in [2.24, 2.45) is 0 Å². The largest absolute Gasteiger partial charge is 0.444 e. The van der Waals surface area contributed by atoms with Crippen molar-refractivity contribution in [2.45, 2.75) is 38.8 Å². The molecule has 1 saturated heterocycles. The number of ether oxygens (including phenoxy) is 1. The summed E-state index contributed by atoms with van der Waals surface area (Å²) in [4.78, 5) is 22.3. The van der Waals surface area contributed by atoms with E-state index >= 15 is 0 Å². The smallest absolute Gasteiger partial charge is 0.407 e. The van der Waals surface area contributed by atoms with Crippen molar-refractivity contribution in [3.8, 4) is 0 Å². The molecule has 0 radical (unpaired) electrons. The molecular formula is C13H19BrN4O2. The molecule has 1 aromatic rings. The Kier molecular flexibility index (Phi) is 4.47. The first kappa shape index (κ1) is 15.0. The van der Waals surface area contributed by atoms with E-state index in [1.807, 2.05) is 20.8 Å². The third-order valence-electron chi connectivity index (χ3n) is 2.80. The quantitative estimate of drug-likeness (QED) is 0.893. The van der Waals surface area contributed by atoms with Crippen LogP contribution >= 0.6 is 15.9 Å². The number of carbonyl (C=O) groups excluding carboxylic acids is 1. The molecule has 1 atom stereocenters. The molecule has 0 saturated carbocycles. The lowest BCUT2D eigenvalue weighted by molar-refractivity contribution is 0.0509. The molecule has 1 N–H and O–H groups in total. The van der Waals surface area contributed by atoms with Gasteiger partial charge in [-0.25, -0.2) is 14.8 Å². The second kappa shape index (κ2) is 5.95. The van der Waals surface area contributed by atoms with Gasteiger partial charge in [0.15, 0.2) is 0 Å². The first-order valence-electron chi connectivity index (χ1n) is 6.55. The van der Waals surface area contributed by atoms with Crippen molar-refractivity contribution in [1.82, 2.24) is 15.3 Å². The van der Waals surface area contributed by atoms with Gasteiger partial charge in [-0.15, -0.1) is 0 Å². The summed E-state index contributed by atoms with van der Waals surface area (Å²) in [5.74, 6) is 0.682. The lowest BCUT2D eigenvalue weighted by Crippen LogP contribution is -2.40. The highest BCUT2D eigenvalue weighted by Gasteiger charge is 2.27. The van der Waals surface area contributed by atoms with Crippen LogP contribution in [0.25, 0.3) is 0 Å². The summed E-state index contributed by atoms with van der Waals surface area (Å²) in [5, 5.41) is 2.88. The molecular weight excluding hydrogens is 324 g/mol. The summed E-state index contributed by atoms with van der Waals surface area (Å²) in [7, 11) is 0. The number of hydrogen-bond acceptors (Lipinski definition) is 5. The number of nitrogens with one attached hydrogen (secondary N) is 1. The lowest BCUT2D eigenvalue weighted by atomic mass is 10.2. The maximum atomic E-state index is 11.7. The number of alkyl carbamates (subject to hydrolysis) is 1. The molecule has 0 aliphatic carbocycles. The Labute approximate surface area is 127 Å². The minimum Gasteiger partial charge on any atom is -0.444 e. The first-order chi connectivity index (χ1) is 9.33. The maximum absolute atomic E-state index is 11.7. The van der Waals surface area contributed by atoms with Crippen LogP contribution in [0.3, 0.4) is 0 Å². The summed E-state index contributed by atoms with van der Waals surface area (Å²) in [6, 6.07) is 0.0668. The van der Waals surface area contributed by atoms with Crippen LogP contribution in [0.15, 0.2) is 16.9 Å². The van der Waals surface area contributed by atoms with Gasteiger partial charge < -0.3 is 15.0 Å². The standard InChI is InChI=1S/C13H19BrN4O2/c1-13(2,3)20-12(19)17-10-4-5-18(8-10)11-15-6-9(14)7-16-11/h6-7,10H,4-5,8H2,1-3H3,(H,17,19). The maximum Gasteiger partial charge on any atom is 0.407 e. The lowest BCUT2D eigenvalue weighted by Gasteiger charge is -2.22. The highest BCUT2D eigenvalue weighted by Crippen LogP contribution is 2.17. The minimum absolute atomic E-state index is 0.0668. The van der Waals surface area contributed by atoms with E-state index < -0.39 is 5.60 Å². The summed E-state index contributed by atoms with van der Waals surface area (Å²) < 4.78 is 6.10. The molecule has 1 aromatic heterocycles. The zero-order chi connectivity index (χ0) is 14.8. The fraction of sp³-hybridized carbons (Fsp3) is 0.615. The van der Waals surface area contributed by atoms with Crippen molar-refractivity contribution in [3.05, 3.63) is 16.9 Å². The monoisotopic (exact) mass is 342 g/mol. The molecule has 7 heteroatoms. The van der Waals surface area contributed by atoms with Crippen LogP contribution in [-0.4, -0.2) is 40.8 Å². The van der Waals surface area contributed by atoms with Gasteiger partial charge in [0, 0.05) is 25.5 Å². The van der Waals surface area contributed by atoms with E-state index in [4.69, 9.17) is 4.74 Å². The molecule has 20 heavy (non-hydrogen) atoms. The number of nitrogens with zero attached hydrogens (tertiary/aromatic N) is 3. The number of rotatable bonds is 2. The summed E-state index contributed by atoms with van der Waals surface area (Å²) in [6.45, 7) is 7.07. The first-order valence-corrected chi connectivity index (χ1v) is 7.35. The van der Waals surface area contributed by atoms with E-state index in [1.165, 1.54) is 0 Å². The Hall–Kier alpha value is -1.37. The van der Waals surface area contributed by atoms with Gasteiger partial charge in [0.1, 0.15) is 5.60 Å². The van der Waals surface area contributed by atoms with Crippen LogP contribution in [0.2, 0.25) is 0 Å². The normalized spacial score (nSPS) is 19.0. The molecule has 0 spiro atoms. The number of aromatic nitrogens is 2. The molecule has 6 nitrogen and oxygen atoms in total. The van der Waals surface area contributed by atoms with Gasteiger partial charge in [-0.1, -0.05) is 0 Å². The Balaban J connectivity index is 1.86. The second-order valence-electron chi connectivity index (χ2n) is 5.78. The molecule has 1 aliphatic rings. The number of carbonyl (C=O) groups is 1. The van der Waals surface area contributed by atoms with E-state index in [0.29, 0.717) is 12.5 Å². The molecule has 2 heterocycles. The van der Waals surface area contributed by atoms with Gasteiger partial charge in [0.25, 0.3) is 0 Å². The molecule has 2 rings (SSSR count). The Morgan fingerprint density at radius 2 is 2.10 bits per heavy atom. The molecule has 1 unspecified atom stereocenters. The van der Waals surface area contributed by atoms with Gasteiger partial charge >= 0.3 is 6.09 Å². The third kappa shape index (κ3) is 4.33. The van der Waals surface area contributed by atoms with Gasteiger partial charge in [-0.2, -0.15) is 0 Å². The third-order valence-corrected chi connectivity index (χ3v) is 3.21. The van der Waals surface area contributed by atoms with E-state index in [0.717, 1.165) is 17.4 Å². The molecule has 0 aromatic carbocycles. The Bertz CT molecular complexity index is 472.